The van der Waals surface area contributed by atoms with E-state index in [0.717, 1.165) is 29.1 Å². The highest BCUT2D eigenvalue weighted by Crippen LogP contribution is 2.27. The number of aromatic amines is 1. The van der Waals surface area contributed by atoms with Crippen molar-refractivity contribution in [2.45, 2.75) is 12.8 Å². The van der Waals surface area contributed by atoms with Crippen LogP contribution in [0.5, 0.6) is 0 Å². The van der Waals surface area contributed by atoms with Gasteiger partial charge >= 0.3 is 0 Å². The van der Waals surface area contributed by atoms with Gasteiger partial charge in [0.1, 0.15) is 5.82 Å². The van der Waals surface area contributed by atoms with Crippen LogP contribution in [0.2, 0.25) is 0 Å². The van der Waals surface area contributed by atoms with Crippen LogP contribution in [0.15, 0.2) is 28.9 Å². The predicted octanol–water partition coefficient (Wildman–Crippen LogP) is 2.83. The van der Waals surface area contributed by atoms with Crippen molar-refractivity contribution in [2.24, 2.45) is 0 Å². The first-order chi connectivity index (χ1) is 8.24. The van der Waals surface area contributed by atoms with E-state index in [1.807, 2.05) is 6.20 Å². The molecule has 0 unspecified atom stereocenters. The van der Waals surface area contributed by atoms with Crippen LogP contribution in [0, 0.1) is 6.92 Å². The van der Waals surface area contributed by atoms with Crippen LogP contribution in [0.1, 0.15) is 17.3 Å². The molecule has 1 aliphatic heterocycles. The molecular weight excluding hydrogens is 278 g/mol. The maximum Gasteiger partial charge on any atom is 0.112 e. The molecule has 4 heteroatoms. The van der Waals surface area contributed by atoms with Crippen molar-refractivity contribution in [2.75, 3.05) is 13.1 Å². The molecule has 88 valence electrons. The first-order valence-electron chi connectivity index (χ1n) is 5.76. The molecule has 2 aromatic rings. The van der Waals surface area contributed by atoms with Gasteiger partial charge in [-0.15, -0.1) is 0 Å². The van der Waals surface area contributed by atoms with Gasteiger partial charge in [0, 0.05) is 29.0 Å². The highest BCUT2D eigenvalue weighted by Gasteiger charge is 2.22. The molecule has 0 saturated carbocycles. The van der Waals surface area contributed by atoms with Crippen molar-refractivity contribution in [1.29, 1.82) is 0 Å². The highest BCUT2D eigenvalue weighted by molar-refractivity contribution is 9.10. The molecule has 1 fully saturated rings. The third-order valence-corrected chi connectivity index (χ3v) is 3.75. The Bertz CT molecular complexity index is 543. The number of benzene rings is 1. The number of H-pyrrole nitrogens is 1. The van der Waals surface area contributed by atoms with Crippen molar-refractivity contribution in [1.82, 2.24) is 15.3 Å². The molecule has 2 N–H and O–H groups in total. The van der Waals surface area contributed by atoms with Crippen LogP contribution >= 0.6 is 15.9 Å². The number of nitrogens with one attached hydrogen (secondary N) is 2. The maximum absolute atomic E-state index is 4.47. The van der Waals surface area contributed by atoms with Gasteiger partial charge < -0.3 is 10.3 Å². The number of nitrogens with zero attached hydrogens (tertiary/aromatic N) is 1. The molecular formula is C13H14BrN3. The Balaban J connectivity index is 1.97. The van der Waals surface area contributed by atoms with Gasteiger partial charge in [0.25, 0.3) is 0 Å². The van der Waals surface area contributed by atoms with Crippen LogP contribution in [0.3, 0.4) is 0 Å². The van der Waals surface area contributed by atoms with E-state index in [4.69, 9.17) is 0 Å². The number of hydrogen-bond acceptors (Lipinski definition) is 2. The quantitative estimate of drug-likeness (QED) is 0.893. The minimum atomic E-state index is 0.552. The number of aromatic nitrogens is 2. The lowest BCUT2D eigenvalue weighted by atomic mass is 10.0. The minimum absolute atomic E-state index is 0.552. The van der Waals surface area contributed by atoms with Crippen LogP contribution in [-0.2, 0) is 0 Å². The molecule has 1 aromatic carbocycles. The average molecular weight is 292 g/mol. The highest BCUT2D eigenvalue weighted by atomic mass is 79.9. The minimum Gasteiger partial charge on any atom is -0.342 e. The van der Waals surface area contributed by atoms with Gasteiger partial charge in [-0.05, 0) is 24.6 Å². The molecule has 0 radical (unpaired) electrons. The van der Waals surface area contributed by atoms with Gasteiger partial charge in [-0.3, -0.25) is 0 Å². The molecule has 0 atom stereocenters. The zero-order chi connectivity index (χ0) is 11.8. The molecule has 0 amide bonds. The largest absolute Gasteiger partial charge is 0.342 e. The molecule has 0 bridgehead atoms. The predicted molar refractivity (Wildman–Crippen MR) is 72.1 cm³/mol. The van der Waals surface area contributed by atoms with Gasteiger partial charge in [0.05, 0.1) is 11.9 Å². The van der Waals surface area contributed by atoms with Crippen molar-refractivity contribution in [3.63, 3.8) is 0 Å². The summed E-state index contributed by atoms with van der Waals surface area (Å²) in [5.41, 5.74) is 3.58. The summed E-state index contributed by atoms with van der Waals surface area (Å²) < 4.78 is 1.10. The Labute approximate surface area is 109 Å². The first-order valence-corrected chi connectivity index (χ1v) is 6.55. The Morgan fingerprint density at radius 1 is 1.35 bits per heavy atom. The zero-order valence-electron chi connectivity index (χ0n) is 9.63. The molecule has 0 aliphatic carbocycles. The second kappa shape index (κ2) is 4.27. The van der Waals surface area contributed by atoms with Crippen LogP contribution in [0.4, 0.5) is 0 Å². The summed E-state index contributed by atoms with van der Waals surface area (Å²) in [6.45, 7) is 4.18. The van der Waals surface area contributed by atoms with E-state index in [1.165, 1.54) is 11.1 Å². The summed E-state index contributed by atoms with van der Waals surface area (Å²) in [7, 11) is 0. The van der Waals surface area contributed by atoms with E-state index in [9.17, 15) is 0 Å². The molecule has 3 rings (SSSR count). The van der Waals surface area contributed by atoms with E-state index in [-0.39, 0.29) is 0 Å². The molecule has 0 spiro atoms. The number of hydrogen-bond donors (Lipinski definition) is 2. The number of imidazole rings is 1. The molecule has 3 nitrogen and oxygen atoms in total. The normalized spacial score (nSPS) is 15.9. The van der Waals surface area contributed by atoms with Gasteiger partial charge in [-0.2, -0.15) is 0 Å². The van der Waals surface area contributed by atoms with Crippen molar-refractivity contribution in [3.05, 3.63) is 40.3 Å². The number of halogens is 1. The van der Waals surface area contributed by atoms with Gasteiger partial charge in [0.2, 0.25) is 0 Å². The molecule has 1 saturated heterocycles. The lowest BCUT2D eigenvalue weighted by Crippen LogP contribution is -2.40. The molecule has 1 aromatic heterocycles. The van der Waals surface area contributed by atoms with Gasteiger partial charge in [-0.1, -0.05) is 22.0 Å². The Morgan fingerprint density at radius 3 is 2.88 bits per heavy atom. The second-order valence-electron chi connectivity index (χ2n) is 4.50. The van der Waals surface area contributed by atoms with Crippen molar-refractivity contribution >= 4 is 15.9 Å². The second-order valence-corrected chi connectivity index (χ2v) is 5.41. The van der Waals surface area contributed by atoms with Crippen LogP contribution in [0.25, 0.3) is 11.3 Å². The van der Waals surface area contributed by atoms with Crippen molar-refractivity contribution < 1.29 is 0 Å². The fourth-order valence-corrected chi connectivity index (χ4v) is 2.41. The summed E-state index contributed by atoms with van der Waals surface area (Å²) in [6, 6.07) is 6.31. The average Bonchev–Trinajstić information content (AvgIpc) is 2.68. The summed E-state index contributed by atoms with van der Waals surface area (Å²) >= 11 is 3.51. The molecule has 17 heavy (non-hydrogen) atoms. The number of rotatable bonds is 2. The monoisotopic (exact) mass is 291 g/mol. The fraction of sp³-hybridized carbons (Fsp3) is 0.308. The molecule has 2 heterocycles. The van der Waals surface area contributed by atoms with Crippen molar-refractivity contribution in [3.8, 4) is 11.3 Å². The van der Waals surface area contributed by atoms with Gasteiger partial charge in [-0.25, -0.2) is 4.98 Å². The third-order valence-electron chi connectivity index (χ3n) is 3.25. The Hall–Kier alpha value is -1.13. The standard InChI is InChI=1S/C13H14BrN3/c1-8-2-3-10(14)4-11(8)12-7-16-13(17-12)9-5-15-6-9/h2-4,7,9,15H,5-6H2,1H3,(H,16,17). The summed E-state index contributed by atoms with van der Waals surface area (Å²) in [5, 5.41) is 3.26. The summed E-state index contributed by atoms with van der Waals surface area (Å²) in [6.07, 6.45) is 1.93. The van der Waals surface area contributed by atoms with E-state index < -0.39 is 0 Å². The summed E-state index contributed by atoms with van der Waals surface area (Å²) in [4.78, 5) is 7.90. The van der Waals surface area contributed by atoms with E-state index in [2.05, 4.69) is 56.3 Å². The Morgan fingerprint density at radius 2 is 2.18 bits per heavy atom. The lowest BCUT2D eigenvalue weighted by Gasteiger charge is -2.24. The van der Waals surface area contributed by atoms with E-state index in [1.54, 1.807) is 0 Å². The fourth-order valence-electron chi connectivity index (χ4n) is 2.05. The topological polar surface area (TPSA) is 40.7 Å². The van der Waals surface area contributed by atoms with E-state index >= 15 is 0 Å². The third kappa shape index (κ3) is 2.03. The zero-order valence-corrected chi connectivity index (χ0v) is 11.2. The van der Waals surface area contributed by atoms with E-state index in [0.29, 0.717) is 5.92 Å². The first kappa shape index (κ1) is 11.0. The Kier molecular flexibility index (Phi) is 2.76. The maximum atomic E-state index is 4.47. The van der Waals surface area contributed by atoms with Crippen LogP contribution < -0.4 is 5.32 Å². The van der Waals surface area contributed by atoms with Crippen LogP contribution in [-0.4, -0.2) is 23.1 Å². The molecule has 1 aliphatic rings. The smallest absolute Gasteiger partial charge is 0.112 e. The number of aryl methyl sites for hydroxylation is 1. The SMILES string of the molecule is Cc1ccc(Br)cc1-c1cnc(C2CNC2)[nH]1. The summed E-state index contributed by atoms with van der Waals surface area (Å²) in [5.74, 6) is 1.65. The van der Waals surface area contributed by atoms with Gasteiger partial charge in [0.15, 0.2) is 0 Å². The lowest BCUT2D eigenvalue weighted by molar-refractivity contribution is 0.433.